The van der Waals surface area contributed by atoms with Gasteiger partial charge in [-0.25, -0.2) is 0 Å². The summed E-state index contributed by atoms with van der Waals surface area (Å²) >= 11 is 0. The molecule has 0 amide bonds. The van der Waals surface area contributed by atoms with Gasteiger partial charge >= 0.3 is 0 Å². The quantitative estimate of drug-likeness (QED) is 0.237. The molecule has 0 saturated carbocycles. The highest BCUT2D eigenvalue weighted by molar-refractivity contribution is 5.99. The Balaban J connectivity index is 0.000000316. The van der Waals surface area contributed by atoms with E-state index in [2.05, 4.69) is 116 Å². The molecule has 0 aliphatic heterocycles. The van der Waals surface area contributed by atoms with E-state index < -0.39 is 0 Å². The van der Waals surface area contributed by atoms with E-state index in [9.17, 15) is 0 Å². The lowest BCUT2D eigenvalue weighted by molar-refractivity contribution is 0.484. The zero-order valence-corrected chi connectivity index (χ0v) is 21.8. The molecule has 0 bridgehead atoms. The Morgan fingerprint density at radius 2 is 0.974 bits per heavy atom. The fourth-order valence-corrected chi connectivity index (χ4v) is 4.37. The minimum absolute atomic E-state index is 0.806. The number of benzene rings is 6. The van der Waals surface area contributed by atoms with Crippen molar-refractivity contribution in [3.05, 3.63) is 163 Å². The van der Waals surface area contributed by atoms with Gasteiger partial charge in [-0.3, -0.25) is 0 Å². The fraction of sp³-hybridized carbons (Fsp3) is 0.0556. The Hall–Kier alpha value is -4.82. The van der Waals surface area contributed by atoms with Crippen LogP contribution in [0.2, 0.25) is 0 Å². The van der Waals surface area contributed by atoms with Gasteiger partial charge in [-0.15, -0.1) is 0 Å². The third-order valence-electron chi connectivity index (χ3n) is 6.32. The molecule has 38 heavy (non-hydrogen) atoms. The van der Waals surface area contributed by atoms with Crippen LogP contribution in [0.5, 0.6) is 11.5 Å². The average molecular weight is 494 g/mol. The van der Waals surface area contributed by atoms with E-state index in [1.807, 2.05) is 54.6 Å². The predicted molar refractivity (Wildman–Crippen MR) is 161 cm³/mol. The van der Waals surface area contributed by atoms with Gasteiger partial charge in [0.25, 0.3) is 0 Å². The first-order valence-electron chi connectivity index (χ1n) is 12.9. The molecule has 0 atom stereocenters. The SMILES string of the molecule is Cc1ccc(C)cc1.c1ccc(Oc2ccccc2N(c2ccccc2)c2cccc3ccccc23)cc1. The maximum Gasteiger partial charge on any atom is 0.151 e. The number of rotatable bonds is 5. The van der Waals surface area contributed by atoms with Gasteiger partial charge in [0, 0.05) is 11.1 Å². The number of para-hydroxylation sites is 4. The molecule has 0 aliphatic rings. The van der Waals surface area contributed by atoms with Gasteiger partial charge < -0.3 is 9.64 Å². The highest BCUT2D eigenvalue weighted by atomic mass is 16.5. The predicted octanol–water partition coefficient (Wildman–Crippen LogP) is 10.4. The van der Waals surface area contributed by atoms with Crippen LogP contribution in [0.15, 0.2) is 152 Å². The lowest BCUT2D eigenvalue weighted by atomic mass is 10.1. The van der Waals surface area contributed by atoms with Crippen LogP contribution in [0.4, 0.5) is 17.1 Å². The number of fused-ring (bicyclic) bond motifs is 1. The lowest BCUT2D eigenvalue weighted by Gasteiger charge is -2.28. The molecule has 0 N–H and O–H groups in total. The van der Waals surface area contributed by atoms with Crippen molar-refractivity contribution >= 4 is 27.8 Å². The topological polar surface area (TPSA) is 12.5 Å². The van der Waals surface area contributed by atoms with Gasteiger partial charge in [0.1, 0.15) is 5.75 Å². The van der Waals surface area contributed by atoms with Gasteiger partial charge in [0.2, 0.25) is 0 Å². The summed E-state index contributed by atoms with van der Waals surface area (Å²) in [5, 5.41) is 2.40. The smallest absolute Gasteiger partial charge is 0.151 e. The summed E-state index contributed by atoms with van der Waals surface area (Å²) in [6, 6.07) is 51.9. The minimum Gasteiger partial charge on any atom is -0.455 e. The third kappa shape index (κ3) is 5.93. The standard InChI is InChI=1S/C28H21NO.C8H10/c1-3-14-23(15-4-1)29(26-20-11-13-22-12-7-8-18-25(22)26)27-19-9-10-21-28(27)30-24-16-5-2-6-17-24;1-7-3-5-8(2)6-4-7/h1-21H;3-6H,1-2H3. The first-order chi connectivity index (χ1) is 18.7. The molecule has 2 heteroatoms. The van der Waals surface area contributed by atoms with Crippen molar-refractivity contribution in [1.29, 1.82) is 0 Å². The van der Waals surface area contributed by atoms with E-state index in [-0.39, 0.29) is 0 Å². The summed E-state index contributed by atoms with van der Waals surface area (Å²) in [4.78, 5) is 2.26. The molecular formula is C36H31NO. The molecule has 0 saturated heterocycles. The zero-order chi connectivity index (χ0) is 26.2. The second-order valence-corrected chi connectivity index (χ2v) is 9.21. The van der Waals surface area contributed by atoms with E-state index in [0.29, 0.717) is 0 Å². The summed E-state index contributed by atoms with van der Waals surface area (Å²) in [6.07, 6.45) is 0. The van der Waals surface area contributed by atoms with Gasteiger partial charge in [-0.2, -0.15) is 0 Å². The first-order valence-corrected chi connectivity index (χ1v) is 12.9. The Kier molecular flexibility index (Phi) is 7.81. The number of nitrogens with zero attached hydrogens (tertiary/aromatic N) is 1. The molecule has 0 unspecified atom stereocenters. The molecular weight excluding hydrogens is 462 g/mol. The molecule has 186 valence electrons. The number of anilines is 3. The van der Waals surface area contributed by atoms with Crippen molar-refractivity contribution in [2.75, 3.05) is 4.90 Å². The molecule has 6 rings (SSSR count). The van der Waals surface area contributed by atoms with Crippen LogP contribution in [0.3, 0.4) is 0 Å². The van der Waals surface area contributed by atoms with E-state index in [1.54, 1.807) is 0 Å². The Bertz CT molecular complexity index is 1570. The van der Waals surface area contributed by atoms with Crippen LogP contribution in [0.25, 0.3) is 10.8 Å². The minimum atomic E-state index is 0.806. The number of aryl methyl sites for hydroxylation is 2. The maximum absolute atomic E-state index is 6.30. The summed E-state index contributed by atoms with van der Waals surface area (Å²) in [6.45, 7) is 4.19. The largest absolute Gasteiger partial charge is 0.455 e. The third-order valence-corrected chi connectivity index (χ3v) is 6.32. The number of hydrogen-bond acceptors (Lipinski definition) is 2. The van der Waals surface area contributed by atoms with Crippen molar-refractivity contribution in [3.63, 3.8) is 0 Å². The number of ether oxygens (including phenoxy) is 1. The van der Waals surface area contributed by atoms with Gasteiger partial charge in [0.15, 0.2) is 5.75 Å². The summed E-state index contributed by atoms with van der Waals surface area (Å²) in [5.41, 5.74) is 5.84. The van der Waals surface area contributed by atoms with Crippen LogP contribution in [0, 0.1) is 13.8 Å². The zero-order valence-electron chi connectivity index (χ0n) is 21.8. The van der Waals surface area contributed by atoms with Crippen molar-refractivity contribution in [3.8, 4) is 11.5 Å². The fourth-order valence-electron chi connectivity index (χ4n) is 4.37. The molecule has 6 aromatic carbocycles. The monoisotopic (exact) mass is 493 g/mol. The maximum atomic E-state index is 6.30. The van der Waals surface area contributed by atoms with E-state index >= 15 is 0 Å². The van der Waals surface area contributed by atoms with Crippen molar-refractivity contribution in [2.45, 2.75) is 13.8 Å². The van der Waals surface area contributed by atoms with Crippen LogP contribution in [0.1, 0.15) is 11.1 Å². The highest BCUT2D eigenvalue weighted by Gasteiger charge is 2.18. The van der Waals surface area contributed by atoms with Crippen LogP contribution >= 0.6 is 0 Å². The molecule has 0 heterocycles. The molecule has 6 aromatic rings. The summed E-state index contributed by atoms with van der Waals surface area (Å²) in [7, 11) is 0. The van der Waals surface area contributed by atoms with E-state index in [1.165, 1.54) is 21.9 Å². The molecule has 0 fully saturated rings. The van der Waals surface area contributed by atoms with E-state index in [4.69, 9.17) is 4.74 Å². The summed E-state index contributed by atoms with van der Waals surface area (Å²) in [5.74, 6) is 1.62. The van der Waals surface area contributed by atoms with Gasteiger partial charge in [0.05, 0.1) is 11.4 Å². The Morgan fingerprint density at radius 1 is 0.447 bits per heavy atom. The average Bonchev–Trinajstić information content (AvgIpc) is 2.97. The highest BCUT2D eigenvalue weighted by Crippen LogP contribution is 2.43. The van der Waals surface area contributed by atoms with Crippen LogP contribution in [-0.2, 0) is 0 Å². The number of hydrogen-bond donors (Lipinski definition) is 0. The molecule has 0 aliphatic carbocycles. The normalized spacial score (nSPS) is 10.4. The van der Waals surface area contributed by atoms with Crippen LogP contribution in [-0.4, -0.2) is 0 Å². The Morgan fingerprint density at radius 3 is 1.68 bits per heavy atom. The molecule has 2 nitrogen and oxygen atoms in total. The lowest BCUT2D eigenvalue weighted by Crippen LogP contribution is -2.11. The van der Waals surface area contributed by atoms with Gasteiger partial charge in [-0.05, 0) is 61.7 Å². The van der Waals surface area contributed by atoms with Crippen LogP contribution < -0.4 is 9.64 Å². The Labute approximate surface area is 225 Å². The van der Waals surface area contributed by atoms with E-state index in [0.717, 1.165) is 28.6 Å². The molecule has 0 spiro atoms. The molecule has 0 aromatic heterocycles. The van der Waals surface area contributed by atoms with Gasteiger partial charge in [-0.1, -0.05) is 120 Å². The summed E-state index contributed by atoms with van der Waals surface area (Å²) < 4.78 is 6.30. The van der Waals surface area contributed by atoms with Crippen molar-refractivity contribution in [1.82, 2.24) is 0 Å². The molecule has 0 radical (unpaired) electrons. The second kappa shape index (κ2) is 11.9. The van der Waals surface area contributed by atoms with Crippen molar-refractivity contribution in [2.24, 2.45) is 0 Å². The second-order valence-electron chi connectivity index (χ2n) is 9.21. The van der Waals surface area contributed by atoms with Crippen molar-refractivity contribution < 1.29 is 4.74 Å². The first kappa shape index (κ1) is 24.9.